The highest BCUT2D eigenvalue weighted by Crippen LogP contribution is 2.09. The van der Waals surface area contributed by atoms with Gasteiger partial charge in [0.05, 0.1) is 13.0 Å². The third-order valence-corrected chi connectivity index (χ3v) is 1.93. The van der Waals surface area contributed by atoms with Gasteiger partial charge in [0.25, 0.3) is 0 Å². The summed E-state index contributed by atoms with van der Waals surface area (Å²) in [5.74, 6) is 0.163. The van der Waals surface area contributed by atoms with Gasteiger partial charge >= 0.3 is 0 Å². The van der Waals surface area contributed by atoms with E-state index >= 15 is 0 Å². The monoisotopic (exact) mass is 209 g/mol. The molecule has 15 heavy (non-hydrogen) atoms. The minimum absolute atomic E-state index is 0.0438. The van der Waals surface area contributed by atoms with Crippen molar-refractivity contribution in [2.24, 2.45) is 0 Å². The van der Waals surface area contributed by atoms with Crippen molar-refractivity contribution in [2.45, 2.75) is 6.42 Å². The first-order valence-corrected chi connectivity index (χ1v) is 4.76. The van der Waals surface area contributed by atoms with E-state index < -0.39 is 0 Å². The van der Waals surface area contributed by atoms with Gasteiger partial charge < -0.3 is 15.2 Å². The summed E-state index contributed by atoms with van der Waals surface area (Å²) in [6.45, 7) is 1.04. The Morgan fingerprint density at radius 3 is 2.67 bits per heavy atom. The van der Waals surface area contributed by atoms with Crippen LogP contribution < -0.4 is 5.32 Å². The number of phenols is 1. The van der Waals surface area contributed by atoms with E-state index in [1.807, 2.05) is 0 Å². The molecule has 0 aliphatic carbocycles. The van der Waals surface area contributed by atoms with E-state index in [-0.39, 0.29) is 11.7 Å². The van der Waals surface area contributed by atoms with Gasteiger partial charge in [-0.15, -0.1) is 0 Å². The van der Waals surface area contributed by atoms with E-state index in [9.17, 15) is 4.79 Å². The molecule has 2 N–H and O–H groups in total. The number of hydrogen-bond acceptors (Lipinski definition) is 3. The molecule has 0 aromatic heterocycles. The molecule has 0 unspecified atom stereocenters. The SMILES string of the molecule is COCCNC(=O)Cc1ccc(O)cc1. The highest BCUT2D eigenvalue weighted by atomic mass is 16.5. The standard InChI is InChI=1S/C11H15NO3/c1-15-7-6-12-11(14)8-9-2-4-10(13)5-3-9/h2-5,13H,6-8H2,1H3,(H,12,14). The summed E-state index contributed by atoms with van der Waals surface area (Å²) in [5.41, 5.74) is 0.878. The number of amides is 1. The number of ether oxygens (including phenoxy) is 1. The molecule has 4 heteroatoms. The smallest absolute Gasteiger partial charge is 0.224 e. The maximum Gasteiger partial charge on any atom is 0.224 e. The maximum absolute atomic E-state index is 11.3. The highest BCUT2D eigenvalue weighted by Gasteiger charge is 2.02. The second-order valence-electron chi connectivity index (χ2n) is 3.19. The molecule has 82 valence electrons. The molecule has 4 nitrogen and oxygen atoms in total. The second kappa shape index (κ2) is 6.03. The summed E-state index contributed by atoms with van der Waals surface area (Å²) in [6.07, 6.45) is 0.323. The molecule has 0 bridgehead atoms. The zero-order valence-corrected chi connectivity index (χ0v) is 8.69. The number of nitrogens with one attached hydrogen (secondary N) is 1. The van der Waals surface area contributed by atoms with Crippen molar-refractivity contribution < 1.29 is 14.6 Å². The number of phenolic OH excluding ortho intramolecular Hbond substituents is 1. The highest BCUT2D eigenvalue weighted by molar-refractivity contribution is 5.78. The first-order valence-electron chi connectivity index (χ1n) is 4.76. The fraction of sp³-hybridized carbons (Fsp3) is 0.364. The lowest BCUT2D eigenvalue weighted by atomic mass is 10.1. The number of rotatable bonds is 5. The lowest BCUT2D eigenvalue weighted by molar-refractivity contribution is -0.120. The third-order valence-electron chi connectivity index (χ3n) is 1.93. The van der Waals surface area contributed by atoms with Gasteiger partial charge in [-0.2, -0.15) is 0 Å². The van der Waals surface area contributed by atoms with E-state index in [2.05, 4.69) is 5.32 Å². The second-order valence-corrected chi connectivity index (χ2v) is 3.19. The fourth-order valence-corrected chi connectivity index (χ4v) is 1.15. The van der Waals surface area contributed by atoms with E-state index in [1.165, 1.54) is 0 Å². The normalized spacial score (nSPS) is 9.93. The van der Waals surface area contributed by atoms with Crippen LogP contribution in [0.2, 0.25) is 0 Å². The lowest BCUT2D eigenvalue weighted by Crippen LogP contribution is -2.28. The molecule has 0 aliphatic rings. The van der Waals surface area contributed by atoms with Crippen LogP contribution in [0.25, 0.3) is 0 Å². The largest absolute Gasteiger partial charge is 0.508 e. The molecule has 1 aromatic carbocycles. The summed E-state index contributed by atoms with van der Waals surface area (Å²) >= 11 is 0. The van der Waals surface area contributed by atoms with Crippen LogP contribution in [-0.2, 0) is 16.0 Å². The average molecular weight is 209 g/mol. The van der Waals surface area contributed by atoms with Crippen LogP contribution in [0.5, 0.6) is 5.75 Å². The number of hydrogen-bond donors (Lipinski definition) is 2. The van der Waals surface area contributed by atoms with Crippen LogP contribution in [0.15, 0.2) is 24.3 Å². The van der Waals surface area contributed by atoms with Crippen molar-refractivity contribution in [3.05, 3.63) is 29.8 Å². The Kier molecular flexibility index (Phi) is 4.63. The first-order chi connectivity index (χ1) is 7.22. The average Bonchev–Trinajstić information content (AvgIpc) is 2.22. The van der Waals surface area contributed by atoms with Crippen molar-refractivity contribution in [3.63, 3.8) is 0 Å². The van der Waals surface area contributed by atoms with Crippen molar-refractivity contribution >= 4 is 5.91 Å². The predicted molar refractivity (Wildman–Crippen MR) is 56.7 cm³/mol. The zero-order chi connectivity index (χ0) is 11.1. The zero-order valence-electron chi connectivity index (χ0n) is 8.69. The van der Waals surface area contributed by atoms with E-state index in [0.29, 0.717) is 19.6 Å². The third kappa shape index (κ3) is 4.46. The van der Waals surface area contributed by atoms with Crippen molar-refractivity contribution in [1.29, 1.82) is 0 Å². The van der Waals surface area contributed by atoms with Gasteiger partial charge in [0.15, 0.2) is 0 Å². The Hall–Kier alpha value is -1.55. The molecule has 0 atom stereocenters. The summed E-state index contributed by atoms with van der Waals surface area (Å²) < 4.78 is 4.81. The lowest BCUT2D eigenvalue weighted by Gasteiger charge is -2.04. The van der Waals surface area contributed by atoms with Crippen LogP contribution in [0.4, 0.5) is 0 Å². The molecule has 1 rings (SSSR count). The van der Waals surface area contributed by atoms with Crippen LogP contribution in [0, 0.1) is 0 Å². The minimum atomic E-state index is -0.0438. The Morgan fingerprint density at radius 2 is 2.07 bits per heavy atom. The van der Waals surface area contributed by atoms with Gasteiger partial charge in [-0.25, -0.2) is 0 Å². The molecule has 1 amide bonds. The van der Waals surface area contributed by atoms with Gasteiger partial charge in [-0.1, -0.05) is 12.1 Å². The molecular weight excluding hydrogens is 194 g/mol. The summed E-state index contributed by atoms with van der Waals surface area (Å²) in [6, 6.07) is 6.59. The predicted octanol–water partition coefficient (Wildman–Crippen LogP) is 0.697. The van der Waals surface area contributed by atoms with E-state index in [1.54, 1.807) is 31.4 Å². The molecule has 0 fully saturated rings. The number of methoxy groups -OCH3 is 1. The fourth-order valence-electron chi connectivity index (χ4n) is 1.15. The van der Waals surface area contributed by atoms with Crippen LogP contribution in [0.1, 0.15) is 5.56 Å². The van der Waals surface area contributed by atoms with Gasteiger partial charge in [0, 0.05) is 13.7 Å². The summed E-state index contributed by atoms with van der Waals surface area (Å²) in [7, 11) is 1.59. The Morgan fingerprint density at radius 1 is 1.40 bits per heavy atom. The molecule has 0 saturated carbocycles. The topological polar surface area (TPSA) is 58.6 Å². The quantitative estimate of drug-likeness (QED) is 0.702. The number of benzene rings is 1. The Bertz CT molecular complexity index is 308. The molecule has 0 radical (unpaired) electrons. The van der Waals surface area contributed by atoms with Gasteiger partial charge in [-0.05, 0) is 17.7 Å². The number of carbonyl (C=O) groups excluding carboxylic acids is 1. The van der Waals surface area contributed by atoms with Crippen molar-refractivity contribution in [3.8, 4) is 5.75 Å². The van der Waals surface area contributed by atoms with Crippen LogP contribution >= 0.6 is 0 Å². The first kappa shape index (κ1) is 11.5. The van der Waals surface area contributed by atoms with Crippen LogP contribution in [-0.4, -0.2) is 31.3 Å². The Labute approximate surface area is 88.9 Å². The molecule has 0 heterocycles. The molecule has 0 saturated heterocycles. The van der Waals surface area contributed by atoms with Crippen molar-refractivity contribution in [2.75, 3.05) is 20.3 Å². The summed E-state index contributed by atoms with van der Waals surface area (Å²) in [5, 5.41) is 11.8. The Balaban J connectivity index is 2.34. The minimum Gasteiger partial charge on any atom is -0.508 e. The maximum atomic E-state index is 11.3. The van der Waals surface area contributed by atoms with Gasteiger partial charge in [-0.3, -0.25) is 4.79 Å². The van der Waals surface area contributed by atoms with Gasteiger partial charge in [0.1, 0.15) is 5.75 Å². The van der Waals surface area contributed by atoms with Gasteiger partial charge in [0.2, 0.25) is 5.91 Å². The molecule has 1 aromatic rings. The van der Waals surface area contributed by atoms with Crippen LogP contribution in [0.3, 0.4) is 0 Å². The summed E-state index contributed by atoms with van der Waals surface area (Å²) in [4.78, 5) is 11.3. The molecule has 0 aliphatic heterocycles. The number of carbonyl (C=O) groups is 1. The molecular formula is C11H15NO3. The van der Waals surface area contributed by atoms with E-state index in [4.69, 9.17) is 9.84 Å². The van der Waals surface area contributed by atoms with Crippen molar-refractivity contribution in [1.82, 2.24) is 5.32 Å². The number of aromatic hydroxyl groups is 1. The molecule has 0 spiro atoms. The van der Waals surface area contributed by atoms with E-state index in [0.717, 1.165) is 5.56 Å².